The normalized spacial score (nSPS) is 11.0. The minimum absolute atomic E-state index is 0.0248. The van der Waals surface area contributed by atoms with Gasteiger partial charge in [-0.15, -0.1) is 15.3 Å². The molecule has 3 aromatic heterocycles. The summed E-state index contributed by atoms with van der Waals surface area (Å²) in [6.07, 6.45) is 3.20. The first kappa shape index (κ1) is 18.5. The van der Waals surface area contributed by atoms with Crippen molar-refractivity contribution in [2.24, 2.45) is 0 Å². The number of aliphatic hydroxyl groups is 1. The average Bonchev–Trinajstić information content (AvgIpc) is 3.33. The molecule has 0 unspecified atom stereocenters. The Balaban J connectivity index is 1.54. The first-order chi connectivity index (χ1) is 14.1. The molecule has 29 heavy (non-hydrogen) atoms. The fraction of sp³-hybridized carbons (Fsp3) is 0.167. The van der Waals surface area contributed by atoms with Gasteiger partial charge in [0.05, 0.1) is 24.1 Å². The quantitative estimate of drug-likeness (QED) is 0.426. The summed E-state index contributed by atoms with van der Waals surface area (Å²) in [5.74, 6) is 0.0900. The molecule has 10 nitrogen and oxygen atoms in total. The van der Waals surface area contributed by atoms with Gasteiger partial charge >= 0.3 is 0 Å². The van der Waals surface area contributed by atoms with Gasteiger partial charge in [0.25, 0.3) is 0 Å². The fourth-order valence-corrected chi connectivity index (χ4v) is 2.73. The van der Waals surface area contributed by atoms with Gasteiger partial charge in [0.1, 0.15) is 12.4 Å². The number of aromatic nitrogens is 6. The summed E-state index contributed by atoms with van der Waals surface area (Å²) in [5, 5.41) is 31.0. The number of carbonyl (C=O) groups excluding carboxylic acids is 1. The molecule has 0 aliphatic heterocycles. The first-order valence-electron chi connectivity index (χ1n) is 8.78. The lowest BCUT2D eigenvalue weighted by molar-refractivity contribution is -0.122. The Morgan fingerprint density at radius 3 is 2.86 bits per heavy atom. The first-order valence-corrected chi connectivity index (χ1v) is 8.78. The number of nitrogens with zero attached hydrogens (tertiary/aromatic N) is 6. The van der Waals surface area contributed by atoms with E-state index in [-0.39, 0.29) is 31.4 Å². The van der Waals surface area contributed by atoms with Crippen LogP contribution in [0.4, 0.5) is 15.9 Å². The van der Waals surface area contributed by atoms with Crippen LogP contribution in [0.15, 0.2) is 48.8 Å². The number of halogens is 1. The SMILES string of the molecule is O=C(Cn1cc(Nc2ccc3nnc(-c4ccccc4F)n3n2)cn1)NCCO. The molecular weight excluding hydrogens is 379 g/mol. The molecule has 0 aliphatic rings. The van der Waals surface area contributed by atoms with Gasteiger partial charge in [-0.25, -0.2) is 4.39 Å². The third-order valence-electron chi connectivity index (χ3n) is 4.02. The number of fused-ring (bicyclic) bond motifs is 1. The highest BCUT2D eigenvalue weighted by Crippen LogP contribution is 2.22. The highest BCUT2D eigenvalue weighted by atomic mass is 19.1. The lowest BCUT2D eigenvalue weighted by Crippen LogP contribution is -2.30. The Kier molecular flexibility index (Phi) is 5.12. The molecule has 3 heterocycles. The van der Waals surface area contributed by atoms with Crippen molar-refractivity contribution in [3.05, 3.63) is 54.6 Å². The molecule has 4 rings (SSSR count). The zero-order valence-electron chi connectivity index (χ0n) is 15.2. The number of carbonyl (C=O) groups is 1. The van der Waals surface area contributed by atoms with Gasteiger partial charge in [-0.3, -0.25) is 9.48 Å². The smallest absolute Gasteiger partial charge is 0.241 e. The number of hydrogen-bond acceptors (Lipinski definition) is 7. The third kappa shape index (κ3) is 4.04. The van der Waals surface area contributed by atoms with Crippen LogP contribution in [0, 0.1) is 5.82 Å². The largest absolute Gasteiger partial charge is 0.395 e. The predicted molar refractivity (Wildman–Crippen MR) is 102 cm³/mol. The van der Waals surface area contributed by atoms with Crippen molar-refractivity contribution in [3.8, 4) is 11.4 Å². The summed E-state index contributed by atoms with van der Waals surface area (Å²) in [4.78, 5) is 11.7. The van der Waals surface area contributed by atoms with Crippen LogP contribution in [0.3, 0.4) is 0 Å². The molecule has 0 spiro atoms. The highest BCUT2D eigenvalue weighted by Gasteiger charge is 2.14. The molecule has 0 fully saturated rings. The summed E-state index contributed by atoms with van der Waals surface area (Å²) >= 11 is 0. The summed E-state index contributed by atoms with van der Waals surface area (Å²) in [6, 6.07) is 9.69. The van der Waals surface area contributed by atoms with Crippen LogP contribution >= 0.6 is 0 Å². The number of rotatable bonds is 7. The maximum atomic E-state index is 14.1. The maximum absolute atomic E-state index is 14.1. The van der Waals surface area contributed by atoms with E-state index in [0.29, 0.717) is 22.7 Å². The molecule has 1 aromatic carbocycles. The second-order valence-electron chi connectivity index (χ2n) is 6.12. The lowest BCUT2D eigenvalue weighted by atomic mass is 10.2. The van der Waals surface area contributed by atoms with Gasteiger partial charge in [0.2, 0.25) is 5.91 Å². The van der Waals surface area contributed by atoms with E-state index >= 15 is 0 Å². The molecule has 4 aromatic rings. The van der Waals surface area contributed by atoms with E-state index in [1.165, 1.54) is 15.3 Å². The summed E-state index contributed by atoms with van der Waals surface area (Å²) in [7, 11) is 0. The molecule has 1 amide bonds. The molecule has 0 radical (unpaired) electrons. The van der Waals surface area contributed by atoms with Crippen LogP contribution in [0.1, 0.15) is 0 Å². The number of anilines is 2. The van der Waals surface area contributed by atoms with Crippen LogP contribution in [0.2, 0.25) is 0 Å². The van der Waals surface area contributed by atoms with E-state index in [9.17, 15) is 9.18 Å². The van der Waals surface area contributed by atoms with E-state index in [1.807, 2.05) is 0 Å². The Hall–Kier alpha value is -3.86. The highest BCUT2D eigenvalue weighted by molar-refractivity contribution is 5.75. The molecule has 11 heteroatoms. The van der Waals surface area contributed by atoms with Crippen LogP contribution < -0.4 is 10.6 Å². The second-order valence-corrected chi connectivity index (χ2v) is 6.12. The van der Waals surface area contributed by atoms with Crippen molar-refractivity contribution in [2.75, 3.05) is 18.5 Å². The van der Waals surface area contributed by atoms with Crippen LogP contribution in [0.25, 0.3) is 17.0 Å². The van der Waals surface area contributed by atoms with Crippen molar-refractivity contribution in [3.63, 3.8) is 0 Å². The average molecular weight is 396 g/mol. The van der Waals surface area contributed by atoms with Gasteiger partial charge in [-0.1, -0.05) is 12.1 Å². The Bertz CT molecular complexity index is 1160. The maximum Gasteiger partial charge on any atom is 0.241 e. The standard InChI is InChI=1S/C18H17FN8O2/c19-14-4-2-1-3-13(14)18-24-23-16-6-5-15(25-27(16)18)22-12-9-21-26(10-12)11-17(29)20-7-8-28/h1-6,9-10,28H,7-8,11H2,(H,20,29)(H,22,25). The molecule has 148 valence electrons. The zero-order valence-corrected chi connectivity index (χ0v) is 15.2. The van der Waals surface area contributed by atoms with E-state index in [1.54, 1.807) is 42.7 Å². The molecule has 0 aliphatic carbocycles. The topological polar surface area (TPSA) is 122 Å². The van der Waals surface area contributed by atoms with E-state index in [0.717, 1.165) is 0 Å². The second kappa shape index (κ2) is 8.02. The summed E-state index contributed by atoms with van der Waals surface area (Å²) in [6.45, 7) is 0.0964. The van der Waals surface area contributed by atoms with Gasteiger partial charge in [0, 0.05) is 12.7 Å². The van der Waals surface area contributed by atoms with Gasteiger partial charge in [0.15, 0.2) is 17.3 Å². The lowest BCUT2D eigenvalue weighted by Gasteiger charge is -2.05. The van der Waals surface area contributed by atoms with Crippen molar-refractivity contribution in [1.29, 1.82) is 0 Å². The van der Waals surface area contributed by atoms with Crippen LogP contribution in [-0.4, -0.2) is 53.8 Å². The minimum Gasteiger partial charge on any atom is -0.395 e. The van der Waals surface area contributed by atoms with Gasteiger partial charge < -0.3 is 15.7 Å². The molecule has 0 bridgehead atoms. The van der Waals surface area contributed by atoms with Gasteiger partial charge in [-0.2, -0.15) is 9.61 Å². The van der Waals surface area contributed by atoms with Crippen molar-refractivity contribution >= 4 is 23.1 Å². The number of nitrogens with one attached hydrogen (secondary N) is 2. The molecule has 0 atom stereocenters. The minimum atomic E-state index is -0.414. The number of benzene rings is 1. The Morgan fingerprint density at radius 2 is 2.03 bits per heavy atom. The number of amides is 1. The molecular formula is C18H17FN8O2. The van der Waals surface area contributed by atoms with Crippen LogP contribution in [-0.2, 0) is 11.3 Å². The fourth-order valence-electron chi connectivity index (χ4n) is 2.73. The van der Waals surface area contributed by atoms with Crippen LogP contribution in [0.5, 0.6) is 0 Å². The van der Waals surface area contributed by atoms with E-state index in [4.69, 9.17) is 5.11 Å². The van der Waals surface area contributed by atoms with E-state index in [2.05, 4.69) is 31.0 Å². The number of aliphatic hydroxyl groups excluding tert-OH is 1. The molecule has 3 N–H and O–H groups in total. The van der Waals surface area contributed by atoms with Crippen molar-refractivity contribution in [1.82, 2.24) is 34.9 Å². The summed E-state index contributed by atoms with van der Waals surface area (Å²) < 4.78 is 17.0. The van der Waals surface area contributed by atoms with Gasteiger partial charge in [-0.05, 0) is 24.3 Å². The van der Waals surface area contributed by atoms with Crippen molar-refractivity contribution in [2.45, 2.75) is 6.54 Å². The monoisotopic (exact) mass is 396 g/mol. The van der Waals surface area contributed by atoms with Crippen molar-refractivity contribution < 1.29 is 14.3 Å². The Labute approximate surface area is 164 Å². The zero-order chi connectivity index (χ0) is 20.2. The molecule has 0 saturated carbocycles. The third-order valence-corrected chi connectivity index (χ3v) is 4.02. The Morgan fingerprint density at radius 1 is 1.17 bits per heavy atom. The predicted octanol–water partition coefficient (Wildman–Crippen LogP) is 0.979. The molecule has 0 saturated heterocycles. The number of hydrogen-bond donors (Lipinski definition) is 3. The summed E-state index contributed by atoms with van der Waals surface area (Å²) in [5.41, 5.74) is 1.39. The van der Waals surface area contributed by atoms with E-state index < -0.39 is 5.82 Å².